The highest BCUT2D eigenvalue weighted by atomic mass is 15.3. The molecule has 5 heteroatoms. The molecule has 1 fully saturated rings. The van der Waals surface area contributed by atoms with Gasteiger partial charge in [0.1, 0.15) is 0 Å². The molecule has 1 N–H and O–H groups in total. The molecule has 2 aromatic rings. The molecule has 1 aliphatic rings. The van der Waals surface area contributed by atoms with Crippen molar-refractivity contribution in [3.63, 3.8) is 0 Å². The Hall–Kier alpha value is -1.62. The second-order valence-electron chi connectivity index (χ2n) is 5.77. The molecule has 102 valence electrons. The molecule has 1 unspecified atom stereocenters. The van der Waals surface area contributed by atoms with E-state index in [2.05, 4.69) is 33.8 Å². The number of rotatable bonds is 3. The molecule has 0 saturated carbocycles. The van der Waals surface area contributed by atoms with Gasteiger partial charge in [-0.1, -0.05) is 6.92 Å². The summed E-state index contributed by atoms with van der Waals surface area (Å²) < 4.78 is 4.18. The van der Waals surface area contributed by atoms with Crippen LogP contribution >= 0.6 is 0 Å². The Morgan fingerprint density at radius 2 is 2.26 bits per heavy atom. The quantitative estimate of drug-likeness (QED) is 0.901. The van der Waals surface area contributed by atoms with E-state index in [0.29, 0.717) is 0 Å². The van der Waals surface area contributed by atoms with Crippen LogP contribution in [0.2, 0.25) is 0 Å². The summed E-state index contributed by atoms with van der Waals surface area (Å²) in [6, 6.07) is 0. The Morgan fingerprint density at radius 1 is 1.42 bits per heavy atom. The third-order valence-electron chi connectivity index (χ3n) is 4.38. The number of aryl methyl sites for hydroxylation is 1. The molecule has 1 aliphatic heterocycles. The Bertz CT molecular complexity index is 574. The molecule has 3 rings (SSSR count). The summed E-state index contributed by atoms with van der Waals surface area (Å²) >= 11 is 0. The summed E-state index contributed by atoms with van der Waals surface area (Å²) in [5.74, 6) is 0. The van der Waals surface area contributed by atoms with Crippen molar-refractivity contribution in [2.75, 3.05) is 13.1 Å². The highest BCUT2D eigenvalue weighted by Crippen LogP contribution is 2.30. The lowest BCUT2D eigenvalue weighted by Gasteiger charge is -2.24. The van der Waals surface area contributed by atoms with Crippen LogP contribution < -0.4 is 5.32 Å². The maximum absolute atomic E-state index is 4.35. The lowest BCUT2D eigenvalue weighted by molar-refractivity contribution is 0.481. The van der Waals surface area contributed by atoms with Crippen LogP contribution in [0.1, 0.15) is 30.3 Å². The highest BCUT2D eigenvalue weighted by Gasteiger charge is 2.33. The third-order valence-corrected chi connectivity index (χ3v) is 4.38. The van der Waals surface area contributed by atoms with E-state index >= 15 is 0 Å². The van der Waals surface area contributed by atoms with E-state index in [-0.39, 0.29) is 5.41 Å². The highest BCUT2D eigenvalue weighted by molar-refractivity contribution is 5.21. The number of nitrogens with one attached hydrogen (secondary N) is 1. The van der Waals surface area contributed by atoms with E-state index in [1.807, 2.05) is 30.5 Å². The molecule has 5 nitrogen and oxygen atoms in total. The Labute approximate surface area is 113 Å². The van der Waals surface area contributed by atoms with Crippen LogP contribution in [0.3, 0.4) is 0 Å². The van der Waals surface area contributed by atoms with Gasteiger partial charge >= 0.3 is 0 Å². The maximum Gasteiger partial charge on any atom is 0.0951 e. The van der Waals surface area contributed by atoms with Gasteiger partial charge in [-0.3, -0.25) is 4.68 Å². The normalized spacial score (nSPS) is 23.1. The first-order chi connectivity index (χ1) is 9.10. The Morgan fingerprint density at radius 3 is 2.89 bits per heavy atom. The van der Waals surface area contributed by atoms with Crippen molar-refractivity contribution in [2.24, 2.45) is 7.05 Å². The first kappa shape index (κ1) is 12.4. The number of nitrogens with zero attached hydrogens (tertiary/aromatic N) is 4. The topological polar surface area (TPSA) is 47.7 Å². The van der Waals surface area contributed by atoms with Crippen LogP contribution in [0.4, 0.5) is 0 Å². The van der Waals surface area contributed by atoms with Crippen molar-refractivity contribution >= 4 is 0 Å². The van der Waals surface area contributed by atoms with Gasteiger partial charge in [-0.2, -0.15) is 5.10 Å². The van der Waals surface area contributed by atoms with E-state index in [1.165, 1.54) is 23.4 Å². The first-order valence-electron chi connectivity index (χ1n) is 6.79. The average molecular weight is 259 g/mol. The number of aromatic nitrogens is 4. The van der Waals surface area contributed by atoms with Gasteiger partial charge in [0, 0.05) is 42.2 Å². The smallest absolute Gasteiger partial charge is 0.0951 e. The standard InChI is InChI=1S/C14H21N5/c1-11-12(6-17-18(11)3)8-19-10-16-7-13(19)14(2)4-5-15-9-14/h6-7,10,15H,4-5,8-9H2,1-3H3. The maximum atomic E-state index is 4.35. The number of hydrogen-bond donors (Lipinski definition) is 1. The monoisotopic (exact) mass is 259 g/mol. The van der Waals surface area contributed by atoms with E-state index < -0.39 is 0 Å². The summed E-state index contributed by atoms with van der Waals surface area (Å²) in [5, 5.41) is 7.76. The lowest BCUT2D eigenvalue weighted by Crippen LogP contribution is -2.28. The molecule has 2 aromatic heterocycles. The molecular weight excluding hydrogens is 238 g/mol. The van der Waals surface area contributed by atoms with Crippen molar-refractivity contribution in [1.29, 1.82) is 0 Å². The minimum atomic E-state index is 0.201. The fourth-order valence-corrected chi connectivity index (χ4v) is 2.87. The number of imidazole rings is 1. The summed E-state index contributed by atoms with van der Waals surface area (Å²) in [7, 11) is 1.98. The van der Waals surface area contributed by atoms with Gasteiger partial charge < -0.3 is 9.88 Å². The van der Waals surface area contributed by atoms with Gasteiger partial charge in [0.2, 0.25) is 0 Å². The van der Waals surface area contributed by atoms with Crippen LogP contribution in [0.15, 0.2) is 18.7 Å². The van der Waals surface area contributed by atoms with Crippen molar-refractivity contribution in [2.45, 2.75) is 32.2 Å². The zero-order valence-corrected chi connectivity index (χ0v) is 11.8. The van der Waals surface area contributed by atoms with E-state index in [0.717, 1.165) is 19.6 Å². The Kier molecular flexibility index (Phi) is 2.93. The Balaban J connectivity index is 1.90. The lowest BCUT2D eigenvalue weighted by atomic mass is 9.86. The molecule has 0 radical (unpaired) electrons. The first-order valence-corrected chi connectivity index (χ1v) is 6.79. The largest absolute Gasteiger partial charge is 0.329 e. The molecule has 1 atom stereocenters. The zero-order valence-electron chi connectivity index (χ0n) is 11.8. The van der Waals surface area contributed by atoms with Gasteiger partial charge in [0.25, 0.3) is 0 Å². The summed E-state index contributed by atoms with van der Waals surface area (Å²) in [4.78, 5) is 4.35. The molecule has 0 spiro atoms. The van der Waals surface area contributed by atoms with Crippen molar-refractivity contribution in [3.05, 3.63) is 35.7 Å². The van der Waals surface area contributed by atoms with Crippen LogP contribution in [-0.2, 0) is 19.0 Å². The van der Waals surface area contributed by atoms with Gasteiger partial charge in [-0.05, 0) is 19.9 Å². The minimum Gasteiger partial charge on any atom is -0.329 e. The van der Waals surface area contributed by atoms with E-state index in [1.54, 1.807) is 0 Å². The van der Waals surface area contributed by atoms with E-state index in [9.17, 15) is 0 Å². The van der Waals surface area contributed by atoms with Crippen LogP contribution in [0.25, 0.3) is 0 Å². The summed E-state index contributed by atoms with van der Waals surface area (Å²) in [6.07, 6.45) is 7.07. The van der Waals surface area contributed by atoms with Gasteiger partial charge in [0.15, 0.2) is 0 Å². The second-order valence-corrected chi connectivity index (χ2v) is 5.77. The molecular formula is C14H21N5. The second kappa shape index (κ2) is 4.49. The van der Waals surface area contributed by atoms with Gasteiger partial charge in [-0.25, -0.2) is 4.98 Å². The predicted molar refractivity (Wildman–Crippen MR) is 74.1 cm³/mol. The van der Waals surface area contributed by atoms with E-state index in [4.69, 9.17) is 0 Å². The molecule has 0 aliphatic carbocycles. The van der Waals surface area contributed by atoms with Gasteiger partial charge in [0.05, 0.1) is 19.1 Å². The van der Waals surface area contributed by atoms with Crippen molar-refractivity contribution in [1.82, 2.24) is 24.6 Å². The summed E-state index contributed by atoms with van der Waals surface area (Å²) in [6.45, 7) is 7.40. The SMILES string of the molecule is Cc1c(Cn2cncc2C2(C)CCNC2)cnn1C. The van der Waals surface area contributed by atoms with Crippen LogP contribution in [0.5, 0.6) is 0 Å². The molecule has 0 amide bonds. The fraction of sp³-hybridized carbons (Fsp3) is 0.571. The predicted octanol–water partition coefficient (Wildman–Crippen LogP) is 1.22. The average Bonchev–Trinajstić information content (AvgIpc) is 3.08. The molecule has 0 bridgehead atoms. The zero-order chi connectivity index (χ0) is 13.5. The minimum absolute atomic E-state index is 0.201. The van der Waals surface area contributed by atoms with Crippen LogP contribution in [0, 0.1) is 6.92 Å². The fourth-order valence-electron chi connectivity index (χ4n) is 2.87. The third kappa shape index (κ3) is 2.08. The molecule has 19 heavy (non-hydrogen) atoms. The molecule has 0 aromatic carbocycles. The molecule has 1 saturated heterocycles. The number of hydrogen-bond acceptors (Lipinski definition) is 3. The van der Waals surface area contributed by atoms with Crippen LogP contribution in [-0.4, -0.2) is 32.4 Å². The van der Waals surface area contributed by atoms with Crippen molar-refractivity contribution in [3.8, 4) is 0 Å². The van der Waals surface area contributed by atoms with Crippen molar-refractivity contribution < 1.29 is 0 Å². The molecule has 3 heterocycles. The summed E-state index contributed by atoms with van der Waals surface area (Å²) in [5.41, 5.74) is 4.00. The van der Waals surface area contributed by atoms with Gasteiger partial charge in [-0.15, -0.1) is 0 Å².